The zero-order valence-corrected chi connectivity index (χ0v) is 12.9. The van der Waals surface area contributed by atoms with Crippen molar-refractivity contribution in [2.45, 2.75) is 26.3 Å². The maximum atomic E-state index is 12.4. The lowest BCUT2D eigenvalue weighted by Crippen LogP contribution is -2.53. The summed E-state index contributed by atoms with van der Waals surface area (Å²) in [7, 11) is 3.87. The van der Waals surface area contributed by atoms with Crippen LogP contribution in [0.1, 0.15) is 20.3 Å². The maximum Gasteiger partial charge on any atom is 0.308 e. The molecule has 2 rings (SSSR count). The molecule has 1 amide bonds. The normalized spacial score (nSPS) is 25.8. The van der Waals surface area contributed by atoms with Crippen LogP contribution in [0.2, 0.25) is 0 Å². The highest BCUT2D eigenvalue weighted by Gasteiger charge is 2.42. The molecule has 5 nitrogen and oxygen atoms in total. The predicted molar refractivity (Wildman–Crippen MR) is 82.6 cm³/mol. The van der Waals surface area contributed by atoms with E-state index in [2.05, 4.69) is 0 Å². The Labute approximate surface area is 125 Å². The highest BCUT2D eigenvalue weighted by atomic mass is 16.4. The lowest BCUT2D eigenvalue weighted by molar-refractivity contribution is -0.146. The quantitative estimate of drug-likeness (QED) is 0.927. The smallest absolute Gasteiger partial charge is 0.308 e. The Bertz CT molecular complexity index is 556. The molecule has 0 aromatic heterocycles. The number of piperidine rings is 1. The molecule has 21 heavy (non-hydrogen) atoms. The third kappa shape index (κ3) is 2.86. The van der Waals surface area contributed by atoms with Gasteiger partial charge in [-0.2, -0.15) is 0 Å². The van der Waals surface area contributed by atoms with Crippen molar-refractivity contribution in [3.63, 3.8) is 0 Å². The van der Waals surface area contributed by atoms with Crippen molar-refractivity contribution in [2.24, 2.45) is 11.8 Å². The Balaban J connectivity index is 2.39. The number of hydrogen-bond donors (Lipinski definition) is 1. The van der Waals surface area contributed by atoms with Crippen molar-refractivity contribution in [2.75, 3.05) is 23.9 Å². The van der Waals surface area contributed by atoms with Crippen LogP contribution in [0.15, 0.2) is 24.3 Å². The number of carboxylic acid groups (broad SMARTS) is 1. The number of carboxylic acids is 1. The molecule has 1 aromatic rings. The minimum absolute atomic E-state index is 0.0107. The van der Waals surface area contributed by atoms with E-state index in [0.29, 0.717) is 0 Å². The van der Waals surface area contributed by atoms with Gasteiger partial charge in [0, 0.05) is 37.9 Å². The van der Waals surface area contributed by atoms with E-state index < -0.39 is 11.9 Å². The molecule has 5 heteroatoms. The number of rotatable bonds is 3. The largest absolute Gasteiger partial charge is 0.481 e. The average Bonchev–Trinajstić information content (AvgIpc) is 2.37. The third-order valence-electron chi connectivity index (χ3n) is 4.21. The Morgan fingerprint density at radius 2 is 2.00 bits per heavy atom. The van der Waals surface area contributed by atoms with E-state index in [9.17, 15) is 14.7 Å². The highest BCUT2D eigenvalue weighted by molar-refractivity contribution is 5.97. The van der Waals surface area contributed by atoms with Crippen LogP contribution >= 0.6 is 0 Å². The average molecular weight is 290 g/mol. The Morgan fingerprint density at radius 1 is 1.33 bits per heavy atom. The molecule has 0 aliphatic carbocycles. The topological polar surface area (TPSA) is 60.9 Å². The van der Waals surface area contributed by atoms with Gasteiger partial charge in [0.05, 0.1) is 5.92 Å². The van der Waals surface area contributed by atoms with Gasteiger partial charge < -0.3 is 14.9 Å². The van der Waals surface area contributed by atoms with E-state index in [-0.39, 0.29) is 24.3 Å². The third-order valence-corrected chi connectivity index (χ3v) is 4.21. The predicted octanol–water partition coefficient (Wildman–Crippen LogP) is 2.21. The van der Waals surface area contributed by atoms with Crippen LogP contribution in [-0.2, 0) is 9.59 Å². The molecule has 0 radical (unpaired) electrons. The van der Waals surface area contributed by atoms with Gasteiger partial charge in [-0.05, 0) is 31.0 Å². The van der Waals surface area contributed by atoms with E-state index in [1.807, 2.05) is 57.1 Å². The van der Waals surface area contributed by atoms with Crippen molar-refractivity contribution in [3.8, 4) is 0 Å². The van der Waals surface area contributed by atoms with Crippen molar-refractivity contribution in [1.82, 2.24) is 0 Å². The molecule has 1 fully saturated rings. The standard InChI is InChI=1S/C16H22N2O3/c1-10-8-14(19)18(11(2)15(10)16(20)21)13-7-5-6-12(9-13)17(3)4/h5-7,9-11,15H,8H2,1-4H3,(H,20,21). The van der Waals surface area contributed by atoms with Crippen LogP contribution in [0.3, 0.4) is 0 Å². The zero-order valence-electron chi connectivity index (χ0n) is 12.9. The summed E-state index contributed by atoms with van der Waals surface area (Å²) in [6.07, 6.45) is 0.271. The van der Waals surface area contributed by atoms with Crippen LogP contribution in [0.4, 0.5) is 11.4 Å². The van der Waals surface area contributed by atoms with Gasteiger partial charge in [-0.3, -0.25) is 9.59 Å². The minimum atomic E-state index is -0.837. The summed E-state index contributed by atoms with van der Waals surface area (Å²) in [6.45, 7) is 3.65. The summed E-state index contributed by atoms with van der Waals surface area (Å²) < 4.78 is 0. The van der Waals surface area contributed by atoms with Crippen LogP contribution in [0.5, 0.6) is 0 Å². The van der Waals surface area contributed by atoms with Gasteiger partial charge >= 0.3 is 5.97 Å². The first-order valence-corrected chi connectivity index (χ1v) is 7.15. The molecule has 1 aromatic carbocycles. The molecule has 1 N–H and O–H groups in total. The van der Waals surface area contributed by atoms with Gasteiger partial charge in [0.1, 0.15) is 0 Å². The molecular weight excluding hydrogens is 268 g/mol. The molecule has 114 valence electrons. The van der Waals surface area contributed by atoms with Gasteiger partial charge in [-0.1, -0.05) is 13.0 Å². The van der Waals surface area contributed by atoms with Crippen LogP contribution in [0, 0.1) is 11.8 Å². The van der Waals surface area contributed by atoms with E-state index in [0.717, 1.165) is 11.4 Å². The lowest BCUT2D eigenvalue weighted by Gasteiger charge is -2.40. The molecule has 1 saturated heterocycles. The molecule has 0 spiro atoms. The van der Waals surface area contributed by atoms with Gasteiger partial charge in [-0.15, -0.1) is 0 Å². The summed E-state index contributed by atoms with van der Waals surface area (Å²) in [5.41, 5.74) is 1.75. The Morgan fingerprint density at radius 3 is 2.57 bits per heavy atom. The maximum absolute atomic E-state index is 12.4. The number of aliphatic carboxylic acids is 1. The lowest BCUT2D eigenvalue weighted by atomic mass is 9.80. The van der Waals surface area contributed by atoms with Gasteiger partial charge in [0.15, 0.2) is 0 Å². The number of carbonyl (C=O) groups is 2. The van der Waals surface area contributed by atoms with Crippen molar-refractivity contribution < 1.29 is 14.7 Å². The summed E-state index contributed by atoms with van der Waals surface area (Å²) in [5, 5.41) is 9.43. The van der Waals surface area contributed by atoms with Crippen molar-refractivity contribution in [3.05, 3.63) is 24.3 Å². The van der Waals surface area contributed by atoms with Crippen LogP contribution in [-0.4, -0.2) is 37.1 Å². The van der Waals surface area contributed by atoms with Crippen LogP contribution in [0.25, 0.3) is 0 Å². The number of amides is 1. The molecule has 0 saturated carbocycles. The highest BCUT2D eigenvalue weighted by Crippen LogP contribution is 2.34. The van der Waals surface area contributed by atoms with E-state index in [1.54, 1.807) is 4.90 Å². The number of benzene rings is 1. The molecule has 3 unspecified atom stereocenters. The molecule has 0 bridgehead atoms. The van der Waals surface area contributed by atoms with Crippen LogP contribution < -0.4 is 9.80 Å². The fourth-order valence-electron chi connectivity index (χ4n) is 3.11. The first-order chi connectivity index (χ1) is 9.82. The molecule has 1 heterocycles. The Hall–Kier alpha value is -2.04. The number of nitrogens with zero attached hydrogens (tertiary/aromatic N) is 2. The monoisotopic (exact) mass is 290 g/mol. The second-order valence-corrected chi connectivity index (χ2v) is 5.96. The fourth-order valence-corrected chi connectivity index (χ4v) is 3.11. The van der Waals surface area contributed by atoms with E-state index in [4.69, 9.17) is 0 Å². The number of carbonyl (C=O) groups excluding carboxylic acids is 1. The molecule has 1 aliphatic rings. The minimum Gasteiger partial charge on any atom is -0.481 e. The summed E-state index contributed by atoms with van der Waals surface area (Å²) >= 11 is 0. The van der Waals surface area contributed by atoms with Crippen molar-refractivity contribution in [1.29, 1.82) is 0 Å². The van der Waals surface area contributed by atoms with E-state index in [1.165, 1.54) is 0 Å². The van der Waals surface area contributed by atoms with Gasteiger partial charge in [0.25, 0.3) is 0 Å². The number of hydrogen-bond acceptors (Lipinski definition) is 3. The second kappa shape index (κ2) is 5.76. The molecular formula is C16H22N2O3. The van der Waals surface area contributed by atoms with E-state index >= 15 is 0 Å². The summed E-state index contributed by atoms with van der Waals surface area (Å²) in [4.78, 5) is 27.5. The second-order valence-electron chi connectivity index (χ2n) is 5.96. The van der Waals surface area contributed by atoms with Gasteiger partial charge in [0.2, 0.25) is 5.91 Å². The SMILES string of the molecule is CC1CC(=O)N(c2cccc(N(C)C)c2)C(C)C1C(=O)O. The zero-order chi connectivity index (χ0) is 15.7. The van der Waals surface area contributed by atoms with Gasteiger partial charge in [-0.25, -0.2) is 0 Å². The Kier molecular flexibility index (Phi) is 4.21. The first kappa shape index (κ1) is 15.4. The van der Waals surface area contributed by atoms with Crippen molar-refractivity contribution >= 4 is 23.3 Å². The summed E-state index contributed by atoms with van der Waals surface area (Å²) in [6, 6.07) is 7.27. The molecule has 3 atom stereocenters. The summed E-state index contributed by atoms with van der Waals surface area (Å²) in [5.74, 6) is -1.52. The fraction of sp³-hybridized carbons (Fsp3) is 0.500. The number of anilines is 2. The molecule has 1 aliphatic heterocycles. The first-order valence-electron chi connectivity index (χ1n) is 7.15.